The van der Waals surface area contributed by atoms with Crippen LogP contribution in [-0.4, -0.2) is 28.3 Å². The van der Waals surface area contributed by atoms with Crippen molar-refractivity contribution >= 4 is 55.6 Å². The highest BCUT2D eigenvalue weighted by Gasteiger charge is 2.43. The molecule has 1 saturated carbocycles. The second kappa shape index (κ2) is 8.58. The SMILES string of the molecule is Clc1cccc(Cl)c1-c1noc(C2CC2)c1COC1CC2CCC(C1)N2c1nc(Br)cs1. The van der Waals surface area contributed by atoms with Gasteiger partial charge in [0.2, 0.25) is 0 Å². The van der Waals surface area contributed by atoms with Gasteiger partial charge in [-0.25, -0.2) is 4.98 Å². The molecule has 2 unspecified atom stereocenters. The summed E-state index contributed by atoms with van der Waals surface area (Å²) in [6.45, 7) is 0.471. The van der Waals surface area contributed by atoms with Crippen molar-refractivity contribution in [3.8, 4) is 11.3 Å². The number of fused-ring (bicyclic) bond motifs is 2. The molecule has 1 aliphatic carbocycles. The Morgan fingerprint density at radius 3 is 2.47 bits per heavy atom. The molecule has 3 aromatic rings. The lowest BCUT2D eigenvalue weighted by Gasteiger charge is -2.38. The van der Waals surface area contributed by atoms with Gasteiger partial charge in [-0.2, -0.15) is 0 Å². The van der Waals surface area contributed by atoms with Crippen LogP contribution in [0.2, 0.25) is 10.0 Å². The maximum absolute atomic E-state index is 6.52. The molecule has 0 spiro atoms. The van der Waals surface area contributed by atoms with Crippen LogP contribution in [0.15, 0.2) is 32.7 Å². The minimum atomic E-state index is 0.212. The Kier molecular flexibility index (Phi) is 5.75. The third kappa shape index (κ3) is 3.90. The number of benzene rings is 1. The number of anilines is 1. The molecule has 3 aliphatic rings. The van der Waals surface area contributed by atoms with Gasteiger partial charge in [0.05, 0.1) is 22.8 Å². The zero-order valence-electron chi connectivity index (χ0n) is 17.3. The molecule has 1 aromatic carbocycles. The zero-order valence-corrected chi connectivity index (χ0v) is 21.2. The standard InChI is InChI=1S/C23H22BrCl2N3O2S/c24-19-11-32-23(27-19)29-13-6-7-14(29)9-15(8-13)30-10-16-21(28-31-22(16)12-4-5-12)20-17(25)2-1-3-18(20)26/h1-3,11-15H,4-10H2. The molecule has 0 radical (unpaired) electrons. The second-order valence-electron chi connectivity index (χ2n) is 8.89. The summed E-state index contributed by atoms with van der Waals surface area (Å²) in [4.78, 5) is 7.17. The molecular weight excluding hydrogens is 533 g/mol. The predicted octanol–water partition coefficient (Wildman–Crippen LogP) is 7.46. The highest BCUT2D eigenvalue weighted by atomic mass is 79.9. The van der Waals surface area contributed by atoms with Gasteiger partial charge < -0.3 is 14.2 Å². The Morgan fingerprint density at radius 1 is 1.12 bits per heavy atom. The van der Waals surface area contributed by atoms with E-state index in [1.807, 2.05) is 18.2 Å². The maximum Gasteiger partial charge on any atom is 0.186 e. The topological polar surface area (TPSA) is 51.4 Å². The molecule has 5 nitrogen and oxygen atoms in total. The van der Waals surface area contributed by atoms with Crippen LogP contribution >= 0.6 is 50.5 Å². The highest BCUT2D eigenvalue weighted by Crippen LogP contribution is 2.47. The third-order valence-corrected chi connectivity index (χ3v) is 9.00. The molecule has 9 heteroatoms. The summed E-state index contributed by atoms with van der Waals surface area (Å²) in [5.74, 6) is 1.36. The van der Waals surface area contributed by atoms with E-state index < -0.39 is 0 Å². The van der Waals surface area contributed by atoms with Crippen molar-refractivity contribution in [2.75, 3.05) is 4.90 Å². The number of rotatable bonds is 6. The number of ether oxygens (including phenoxy) is 1. The normalized spacial score (nSPS) is 25.0. The molecule has 2 atom stereocenters. The highest BCUT2D eigenvalue weighted by molar-refractivity contribution is 9.10. The van der Waals surface area contributed by atoms with Gasteiger partial charge in [-0.3, -0.25) is 0 Å². The summed E-state index contributed by atoms with van der Waals surface area (Å²) in [5.41, 5.74) is 2.45. The van der Waals surface area contributed by atoms with Crippen molar-refractivity contribution < 1.29 is 9.26 Å². The van der Waals surface area contributed by atoms with Crippen molar-refractivity contribution in [3.63, 3.8) is 0 Å². The van der Waals surface area contributed by atoms with Crippen LogP contribution in [0.25, 0.3) is 11.3 Å². The summed E-state index contributed by atoms with van der Waals surface area (Å²) in [7, 11) is 0. The van der Waals surface area contributed by atoms with Gasteiger partial charge in [-0.05, 0) is 66.6 Å². The first-order valence-electron chi connectivity index (χ1n) is 11.0. The number of hydrogen-bond acceptors (Lipinski definition) is 6. The first-order valence-corrected chi connectivity index (χ1v) is 13.4. The van der Waals surface area contributed by atoms with Crippen molar-refractivity contribution in [1.82, 2.24) is 10.1 Å². The van der Waals surface area contributed by atoms with Crippen LogP contribution in [0.3, 0.4) is 0 Å². The fraction of sp³-hybridized carbons (Fsp3) is 0.478. The molecule has 0 N–H and O–H groups in total. The predicted molar refractivity (Wildman–Crippen MR) is 131 cm³/mol. The van der Waals surface area contributed by atoms with Crippen LogP contribution in [0.4, 0.5) is 5.13 Å². The van der Waals surface area contributed by atoms with Gasteiger partial charge in [-0.1, -0.05) is 34.4 Å². The van der Waals surface area contributed by atoms with Crippen LogP contribution in [0, 0.1) is 0 Å². The van der Waals surface area contributed by atoms with Gasteiger partial charge in [0, 0.05) is 34.5 Å². The Balaban J connectivity index is 1.22. The van der Waals surface area contributed by atoms with Crippen LogP contribution in [0.5, 0.6) is 0 Å². The monoisotopic (exact) mass is 553 g/mol. The van der Waals surface area contributed by atoms with E-state index in [-0.39, 0.29) is 6.10 Å². The number of aromatic nitrogens is 2. The third-order valence-electron chi connectivity index (χ3n) is 6.80. The summed E-state index contributed by atoms with van der Waals surface area (Å²) in [5, 5.41) is 8.72. The Labute approximate surface area is 209 Å². The Morgan fingerprint density at radius 2 is 1.84 bits per heavy atom. The van der Waals surface area contributed by atoms with E-state index in [0.29, 0.717) is 34.7 Å². The average molecular weight is 555 g/mol. The average Bonchev–Trinajstić information content (AvgIpc) is 3.30. The summed E-state index contributed by atoms with van der Waals surface area (Å²) < 4.78 is 13.2. The molecule has 4 heterocycles. The van der Waals surface area contributed by atoms with E-state index in [9.17, 15) is 0 Å². The van der Waals surface area contributed by atoms with Crippen LogP contribution in [-0.2, 0) is 11.3 Å². The van der Waals surface area contributed by atoms with Gasteiger partial charge >= 0.3 is 0 Å². The van der Waals surface area contributed by atoms with Crippen molar-refractivity contribution in [1.29, 1.82) is 0 Å². The number of nitrogens with zero attached hydrogens (tertiary/aromatic N) is 3. The van der Waals surface area contributed by atoms with E-state index in [2.05, 4.69) is 36.4 Å². The second-order valence-corrected chi connectivity index (χ2v) is 11.4. The van der Waals surface area contributed by atoms with E-state index in [1.54, 1.807) is 11.3 Å². The summed E-state index contributed by atoms with van der Waals surface area (Å²) in [6.07, 6.45) is 6.89. The number of thiazole rings is 1. The largest absolute Gasteiger partial charge is 0.373 e. The smallest absolute Gasteiger partial charge is 0.186 e. The molecule has 2 bridgehead atoms. The molecule has 3 fully saturated rings. The van der Waals surface area contributed by atoms with E-state index in [0.717, 1.165) is 58.0 Å². The van der Waals surface area contributed by atoms with Crippen molar-refractivity contribution in [3.05, 3.63) is 49.6 Å². The first-order chi connectivity index (χ1) is 15.6. The molecule has 2 aliphatic heterocycles. The fourth-order valence-corrected chi connectivity index (χ4v) is 7.16. The zero-order chi connectivity index (χ0) is 21.8. The molecule has 168 valence electrons. The van der Waals surface area contributed by atoms with Crippen LogP contribution < -0.4 is 4.90 Å². The lowest BCUT2D eigenvalue weighted by Crippen LogP contribution is -2.45. The number of piperidine rings is 1. The Hall–Kier alpha value is -1.12. The molecule has 2 saturated heterocycles. The first kappa shape index (κ1) is 21.4. The molecule has 0 amide bonds. The summed E-state index contributed by atoms with van der Waals surface area (Å²) >= 11 is 18.2. The van der Waals surface area contributed by atoms with Crippen LogP contribution in [0.1, 0.15) is 55.8 Å². The minimum absolute atomic E-state index is 0.212. The van der Waals surface area contributed by atoms with Gasteiger partial charge in [0.25, 0.3) is 0 Å². The number of halogens is 3. The Bertz CT molecular complexity index is 1110. The number of hydrogen-bond donors (Lipinski definition) is 0. The van der Waals surface area contributed by atoms with E-state index >= 15 is 0 Å². The van der Waals surface area contributed by atoms with Crippen molar-refractivity contribution in [2.24, 2.45) is 0 Å². The van der Waals surface area contributed by atoms with E-state index in [4.69, 9.17) is 32.5 Å². The summed E-state index contributed by atoms with van der Waals surface area (Å²) in [6, 6.07) is 6.49. The van der Waals surface area contributed by atoms with Crippen molar-refractivity contribution in [2.45, 2.75) is 69.2 Å². The molecular formula is C23H22BrCl2N3O2S. The maximum atomic E-state index is 6.52. The lowest BCUT2D eigenvalue weighted by atomic mass is 10.00. The lowest BCUT2D eigenvalue weighted by molar-refractivity contribution is 0.0147. The fourth-order valence-electron chi connectivity index (χ4n) is 5.19. The quantitative estimate of drug-likeness (QED) is 0.316. The van der Waals surface area contributed by atoms with E-state index in [1.165, 1.54) is 12.8 Å². The molecule has 6 rings (SSSR count). The molecule has 32 heavy (non-hydrogen) atoms. The van der Waals surface area contributed by atoms with Gasteiger partial charge in [-0.15, -0.1) is 11.3 Å². The van der Waals surface area contributed by atoms with Gasteiger partial charge in [0.1, 0.15) is 16.1 Å². The minimum Gasteiger partial charge on any atom is -0.373 e. The van der Waals surface area contributed by atoms with Gasteiger partial charge in [0.15, 0.2) is 5.13 Å². The molecule has 2 aromatic heterocycles.